The monoisotopic (exact) mass is 314 g/mol. The van der Waals surface area contributed by atoms with Crippen molar-refractivity contribution in [3.63, 3.8) is 0 Å². The first-order chi connectivity index (χ1) is 9.44. The predicted octanol–water partition coefficient (Wildman–Crippen LogP) is 2.74. The molecule has 106 valence electrons. The molecule has 0 atom stereocenters. The molecule has 0 aliphatic rings. The van der Waals surface area contributed by atoms with Gasteiger partial charge in [0.05, 0.1) is 10.7 Å². The molecular weight excluding hydrogens is 303 g/mol. The molecule has 0 saturated carbocycles. The van der Waals surface area contributed by atoms with Crippen molar-refractivity contribution >= 4 is 27.3 Å². The second-order valence-corrected chi connectivity index (χ2v) is 6.10. The first kappa shape index (κ1) is 14.8. The molecule has 0 heterocycles. The number of halogens is 2. The van der Waals surface area contributed by atoms with Crippen molar-refractivity contribution < 1.29 is 12.8 Å². The van der Waals surface area contributed by atoms with Crippen LogP contribution >= 0.6 is 11.6 Å². The maximum atomic E-state index is 13.0. The minimum atomic E-state index is -3.90. The zero-order valence-corrected chi connectivity index (χ0v) is 11.9. The summed E-state index contributed by atoms with van der Waals surface area (Å²) in [7, 11) is -3.90. The quantitative estimate of drug-likeness (QED) is 0.911. The maximum Gasteiger partial charge on any atom is 0.263 e. The van der Waals surface area contributed by atoms with Gasteiger partial charge in [0.15, 0.2) is 0 Å². The van der Waals surface area contributed by atoms with Crippen LogP contribution in [0.5, 0.6) is 0 Å². The third kappa shape index (κ3) is 3.09. The van der Waals surface area contributed by atoms with E-state index in [2.05, 4.69) is 4.72 Å². The number of nitrogens with one attached hydrogen (secondary N) is 1. The number of benzene rings is 2. The molecule has 20 heavy (non-hydrogen) atoms. The van der Waals surface area contributed by atoms with E-state index in [1.54, 1.807) is 24.3 Å². The zero-order chi connectivity index (χ0) is 14.8. The Balaban J connectivity index is 2.41. The van der Waals surface area contributed by atoms with Crippen LogP contribution in [-0.2, 0) is 16.6 Å². The van der Waals surface area contributed by atoms with Gasteiger partial charge in [-0.1, -0.05) is 29.8 Å². The van der Waals surface area contributed by atoms with E-state index in [1.807, 2.05) is 0 Å². The summed E-state index contributed by atoms with van der Waals surface area (Å²) in [5, 5.41) is -0.178. The molecule has 0 unspecified atom stereocenters. The molecule has 7 heteroatoms. The van der Waals surface area contributed by atoms with Crippen LogP contribution in [0, 0.1) is 5.82 Å². The van der Waals surface area contributed by atoms with Gasteiger partial charge in [-0.2, -0.15) is 0 Å². The van der Waals surface area contributed by atoms with E-state index < -0.39 is 15.8 Å². The first-order valence-corrected chi connectivity index (χ1v) is 7.56. The summed E-state index contributed by atoms with van der Waals surface area (Å²) in [5.41, 5.74) is 6.57. The molecule has 0 radical (unpaired) electrons. The van der Waals surface area contributed by atoms with E-state index in [0.717, 1.165) is 18.2 Å². The van der Waals surface area contributed by atoms with E-state index in [-0.39, 0.29) is 16.5 Å². The number of sulfonamides is 1. The topological polar surface area (TPSA) is 72.2 Å². The van der Waals surface area contributed by atoms with Gasteiger partial charge >= 0.3 is 0 Å². The molecule has 0 fully saturated rings. The second kappa shape index (κ2) is 5.78. The van der Waals surface area contributed by atoms with Crippen molar-refractivity contribution in [2.75, 3.05) is 4.72 Å². The minimum absolute atomic E-state index is 0.178. The molecule has 0 bridgehead atoms. The van der Waals surface area contributed by atoms with Crippen LogP contribution in [0.25, 0.3) is 0 Å². The Bertz CT molecular complexity index is 735. The molecule has 0 aliphatic heterocycles. The summed E-state index contributed by atoms with van der Waals surface area (Å²) in [6.07, 6.45) is 0. The fourth-order valence-electron chi connectivity index (χ4n) is 1.69. The Labute approximate surface area is 121 Å². The summed E-state index contributed by atoms with van der Waals surface area (Å²) in [6.45, 7) is 0.190. The number of hydrogen-bond acceptors (Lipinski definition) is 3. The van der Waals surface area contributed by atoms with Gasteiger partial charge in [0.25, 0.3) is 10.0 Å². The van der Waals surface area contributed by atoms with Gasteiger partial charge in [0.2, 0.25) is 0 Å². The van der Waals surface area contributed by atoms with Gasteiger partial charge < -0.3 is 5.73 Å². The van der Waals surface area contributed by atoms with Crippen LogP contribution in [0.15, 0.2) is 47.4 Å². The fourth-order valence-corrected chi connectivity index (χ4v) is 3.32. The smallest absolute Gasteiger partial charge is 0.263 e. The van der Waals surface area contributed by atoms with Crippen molar-refractivity contribution in [2.45, 2.75) is 11.4 Å². The Morgan fingerprint density at radius 3 is 2.55 bits per heavy atom. The standard InChI is InChI=1S/C13H12ClFN2O2S/c14-11-7-10(15)5-6-13(11)20(18,19)17-12-4-2-1-3-9(12)8-16/h1-7,17H,8,16H2. The van der Waals surface area contributed by atoms with Crippen LogP contribution in [0.4, 0.5) is 10.1 Å². The fraction of sp³-hybridized carbons (Fsp3) is 0.0769. The summed E-state index contributed by atoms with van der Waals surface area (Å²) >= 11 is 5.77. The Morgan fingerprint density at radius 1 is 1.20 bits per heavy atom. The zero-order valence-electron chi connectivity index (χ0n) is 10.3. The average Bonchev–Trinajstić information content (AvgIpc) is 2.38. The van der Waals surface area contributed by atoms with E-state index in [4.69, 9.17) is 17.3 Å². The van der Waals surface area contributed by atoms with Gasteiger partial charge in [-0.15, -0.1) is 0 Å². The Morgan fingerprint density at radius 2 is 1.90 bits per heavy atom. The first-order valence-electron chi connectivity index (χ1n) is 5.70. The number of anilines is 1. The van der Waals surface area contributed by atoms with Crippen molar-refractivity contribution in [1.82, 2.24) is 0 Å². The van der Waals surface area contributed by atoms with Crippen molar-refractivity contribution in [3.8, 4) is 0 Å². The molecule has 0 spiro atoms. The van der Waals surface area contributed by atoms with Gasteiger partial charge in [-0.3, -0.25) is 4.72 Å². The van der Waals surface area contributed by atoms with Crippen molar-refractivity contribution in [1.29, 1.82) is 0 Å². The van der Waals surface area contributed by atoms with Gasteiger partial charge in [0, 0.05) is 6.54 Å². The normalized spacial score (nSPS) is 11.3. The SMILES string of the molecule is NCc1ccccc1NS(=O)(=O)c1ccc(F)cc1Cl. The number of rotatable bonds is 4. The van der Waals surface area contributed by atoms with Crippen LogP contribution < -0.4 is 10.5 Å². The van der Waals surface area contributed by atoms with Gasteiger partial charge in [-0.25, -0.2) is 12.8 Å². The number of hydrogen-bond donors (Lipinski definition) is 2. The largest absolute Gasteiger partial charge is 0.326 e. The molecule has 3 N–H and O–H groups in total. The highest BCUT2D eigenvalue weighted by molar-refractivity contribution is 7.92. The lowest BCUT2D eigenvalue weighted by Gasteiger charge is -2.12. The van der Waals surface area contributed by atoms with Gasteiger partial charge in [-0.05, 0) is 29.8 Å². The van der Waals surface area contributed by atoms with E-state index in [1.165, 1.54) is 0 Å². The number of nitrogens with two attached hydrogens (primary N) is 1. The molecule has 0 aromatic heterocycles. The average molecular weight is 315 g/mol. The molecule has 2 aromatic rings. The summed E-state index contributed by atoms with van der Waals surface area (Å²) in [6, 6.07) is 9.85. The second-order valence-electron chi connectivity index (χ2n) is 4.04. The Kier molecular flexibility index (Phi) is 4.27. The predicted molar refractivity (Wildman–Crippen MR) is 76.6 cm³/mol. The van der Waals surface area contributed by atoms with E-state index >= 15 is 0 Å². The summed E-state index contributed by atoms with van der Waals surface area (Å²) in [4.78, 5) is -0.188. The molecule has 2 aromatic carbocycles. The molecular formula is C13H12ClFN2O2S. The highest BCUT2D eigenvalue weighted by atomic mass is 35.5. The highest BCUT2D eigenvalue weighted by Gasteiger charge is 2.19. The third-order valence-corrected chi connectivity index (χ3v) is 4.51. The van der Waals surface area contributed by atoms with E-state index in [9.17, 15) is 12.8 Å². The minimum Gasteiger partial charge on any atom is -0.326 e. The lowest BCUT2D eigenvalue weighted by molar-refractivity contribution is 0.599. The van der Waals surface area contributed by atoms with E-state index in [0.29, 0.717) is 11.3 Å². The number of para-hydroxylation sites is 1. The van der Waals surface area contributed by atoms with Crippen LogP contribution in [0.2, 0.25) is 5.02 Å². The lowest BCUT2D eigenvalue weighted by atomic mass is 10.2. The summed E-state index contributed by atoms with van der Waals surface area (Å²) in [5.74, 6) is -0.601. The molecule has 0 aliphatic carbocycles. The Hall–Kier alpha value is -1.63. The maximum absolute atomic E-state index is 13.0. The summed E-state index contributed by atoms with van der Waals surface area (Å²) < 4.78 is 39.9. The van der Waals surface area contributed by atoms with Gasteiger partial charge in [0.1, 0.15) is 10.7 Å². The van der Waals surface area contributed by atoms with Crippen LogP contribution in [0.1, 0.15) is 5.56 Å². The third-order valence-electron chi connectivity index (χ3n) is 2.67. The lowest BCUT2D eigenvalue weighted by Crippen LogP contribution is -2.15. The molecule has 0 amide bonds. The van der Waals surface area contributed by atoms with Crippen LogP contribution in [0.3, 0.4) is 0 Å². The highest BCUT2D eigenvalue weighted by Crippen LogP contribution is 2.25. The van der Waals surface area contributed by atoms with Crippen LogP contribution in [-0.4, -0.2) is 8.42 Å². The van der Waals surface area contributed by atoms with Crippen molar-refractivity contribution in [2.24, 2.45) is 5.73 Å². The molecule has 0 saturated heterocycles. The molecule has 2 rings (SSSR count). The molecule has 4 nitrogen and oxygen atoms in total. The van der Waals surface area contributed by atoms with Crippen molar-refractivity contribution in [3.05, 3.63) is 58.9 Å².